The average Bonchev–Trinajstić information content (AvgIpc) is 2.68. The number of rotatable bonds is 4. The Bertz CT molecular complexity index is 895. The molecule has 4 unspecified atom stereocenters. The first-order valence-corrected chi connectivity index (χ1v) is 8.96. The van der Waals surface area contributed by atoms with E-state index in [1.54, 1.807) is 6.92 Å². The molecular formula is C19H22N2O6. The summed E-state index contributed by atoms with van der Waals surface area (Å²) in [4.78, 5) is 25.6. The highest BCUT2D eigenvalue weighted by Gasteiger charge is 2.50. The summed E-state index contributed by atoms with van der Waals surface area (Å²) in [6, 6.07) is 11.0. The number of ether oxygens (including phenoxy) is 4. The minimum Gasteiger partial charge on any atom is -0.378 e. The highest BCUT2D eigenvalue weighted by molar-refractivity contribution is 5.17. The topological polar surface area (TPSA) is 91.8 Å². The third-order valence-corrected chi connectivity index (χ3v) is 4.94. The van der Waals surface area contributed by atoms with Crippen LogP contribution in [-0.2, 0) is 18.9 Å². The summed E-state index contributed by atoms with van der Waals surface area (Å²) in [6.07, 6.45) is 0.764. The largest absolute Gasteiger partial charge is 0.378 e. The Balaban J connectivity index is 1.55. The Labute approximate surface area is 155 Å². The number of benzene rings is 1. The molecule has 0 spiro atoms. The maximum atomic E-state index is 12.1. The fourth-order valence-corrected chi connectivity index (χ4v) is 3.56. The van der Waals surface area contributed by atoms with E-state index >= 15 is 0 Å². The molecule has 144 valence electrons. The first kappa shape index (κ1) is 18.1. The summed E-state index contributed by atoms with van der Waals surface area (Å²) in [5.74, 6) is 0. The SMILES string of the molecule is CC(OC12COCCC1OC(c1ccccc1)OC2)n1ccc(=O)[nH]c1=O. The van der Waals surface area contributed by atoms with E-state index in [0.717, 1.165) is 5.56 Å². The molecule has 0 amide bonds. The van der Waals surface area contributed by atoms with Gasteiger partial charge in [0.25, 0.3) is 5.56 Å². The summed E-state index contributed by atoms with van der Waals surface area (Å²) in [6.45, 7) is 2.90. The van der Waals surface area contributed by atoms with E-state index in [2.05, 4.69) is 4.98 Å². The number of H-pyrrole nitrogens is 1. The van der Waals surface area contributed by atoms with Gasteiger partial charge < -0.3 is 18.9 Å². The number of aromatic amines is 1. The van der Waals surface area contributed by atoms with Crippen LogP contribution in [0.15, 0.2) is 52.2 Å². The lowest BCUT2D eigenvalue weighted by atomic mass is 9.92. The first-order chi connectivity index (χ1) is 13.1. The normalized spacial score (nSPS) is 29.1. The third-order valence-electron chi connectivity index (χ3n) is 4.94. The molecule has 8 nitrogen and oxygen atoms in total. The van der Waals surface area contributed by atoms with Crippen molar-refractivity contribution in [3.8, 4) is 0 Å². The van der Waals surface area contributed by atoms with Crippen molar-refractivity contribution in [2.45, 2.75) is 37.6 Å². The average molecular weight is 374 g/mol. The summed E-state index contributed by atoms with van der Waals surface area (Å²) in [7, 11) is 0. The van der Waals surface area contributed by atoms with Crippen LogP contribution in [0.1, 0.15) is 31.4 Å². The fourth-order valence-electron chi connectivity index (χ4n) is 3.56. The van der Waals surface area contributed by atoms with Gasteiger partial charge in [0, 0.05) is 30.9 Å². The molecule has 3 heterocycles. The van der Waals surface area contributed by atoms with Crippen LogP contribution in [0.4, 0.5) is 0 Å². The summed E-state index contributed by atoms with van der Waals surface area (Å²) < 4.78 is 25.3. The predicted octanol–water partition coefficient (Wildman–Crippen LogP) is 1.34. The van der Waals surface area contributed by atoms with Crippen molar-refractivity contribution in [3.05, 3.63) is 69.0 Å². The van der Waals surface area contributed by atoms with E-state index in [0.29, 0.717) is 19.6 Å². The van der Waals surface area contributed by atoms with Crippen molar-refractivity contribution in [2.24, 2.45) is 0 Å². The van der Waals surface area contributed by atoms with Crippen LogP contribution >= 0.6 is 0 Å². The van der Waals surface area contributed by atoms with Crippen LogP contribution in [0.3, 0.4) is 0 Å². The van der Waals surface area contributed by atoms with Crippen LogP contribution in [0, 0.1) is 0 Å². The molecule has 0 saturated carbocycles. The summed E-state index contributed by atoms with van der Waals surface area (Å²) in [5.41, 5.74) is -0.851. The molecule has 2 aliphatic heterocycles. The lowest BCUT2D eigenvalue weighted by Gasteiger charge is -2.49. The Hall–Kier alpha value is -2.26. The van der Waals surface area contributed by atoms with Crippen molar-refractivity contribution < 1.29 is 18.9 Å². The molecule has 4 rings (SSSR count). The van der Waals surface area contributed by atoms with Gasteiger partial charge in [-0.15, -0.1) is 0 Å². The first-order valence-electron chi connectivity index (χ1n) is 8.96. The molecule has 27 heavy (non-hydrogen) atoms. The lowest BCUT2D eigenvalue weighted by molar-refractivity contribution is -0.342. The Morgan fingerprint density at radius 2 is 2.04 bits per heavy atom. The van der Waals surface area contributed by atoms with Crippen LogP contribution in [0.5, 0.6) is 0 Å². The minimum absolute atomic E-state index is 0.230. The molecule has 4 atom stereocenters. The molecule has 2 aliphatic rings. The molecule has 0 aliphatic carbocycles. The van der Waals surface area contributed by atoms with Crippen LogP contribution < -0.4 is 11.2 Å². The molecule has 0 radical (unpaired) electrons. The number of aromatic nitrogens is 2. The van der Waals surface area contributed by atoms with Crippen LogP contribution in [-0.4, -0.2) is 41.1 Å². The van der Waals surface area contributed by atoms with E-state index in [1.807, 2.05) is 30.3 Å². The molecule has 1 aromatic heterocycles. The molecule has 1 N–H and O–H groups in total. The molecule has 8 heteroatoms. The predicted molar refractivity (Wildman–Crippen MR) is 95.3 cm³/mol. The molecule has 2 aromatic rings. The van der Waals surface area contributed by atoms with Gasteiger partial charge in [0.2, 0.25) is 0 Å². The van der Waals surface area contributed by atoms with Gasteiger partial charge in [-0.2, -0.15) is 0 Å². The quantitative estimate of drug-likeness (QED) is 0.869. The van der Waals surface area contributed by atoms with Crippen molar-refractivity contribution in [3.63, 3.8) is 0 Å². The van der Waals surface area contributed by atoms with E-state index in [9.17, 15) is 9.59 Å². The number of nitrogens with one attached hydrogen (secondary N) is 1. The molecule has 2 fully saturated rings. The molecule has 2 saturated heterocycles. The standard InChI is InChI=1S/C19H22N2O6/c1-13(21-9-7-16(22)20-18(21)23)27-19-11-24-10-8-15(19)26-17(25-12-19)14-5-3-2-4-6-14/h2-7,9,13,15,17H,8,10-12H2,1H3,(H,20,22,23). The van der Waals surface area contributed by atoms with Crippen molar-refractivity contribution in [1.29, 1.82) is 0 Å². The maximum absolute atomic E-state index is 12.1. The minimum atomic E-state index is -0.821. The van der Waals surface area contributed by atoms with Gasteiger partial charge in [-0.3, -0.25) is 14.3 Å². The van der Waals surface area contributed by atoms with Gasteiger partial charge in [-0.25, -0.2) is 4.79 Å². The lowest BCUT2D eigenvalue weighted by Crippen LogP contribution is -2.60. The van der Waals surface area contributed by atoms with Crippen molar-refractivity contribution in [1.82, 2.24) is 9.55 Å². The Morgan fingerprint density at radius 1 is 1.22 bits per heavy atom. The van der Waals surface area contributed by atoms with Gasteiger partial charge in [-0.05, 0) is 6.92 Å². The molecule has 1 aromatic carbocycles. The highest BCUT2D eigenvalue weighted by Crippen LogP contribution is 2.39. The van der Waals surface area contributed by atoms with E-state index < -0.39 is 29.4 Å². The maximum Gasteiger partial charge on any atom is 0.330 e. The van der Waals surface area contributed by atoms with E-state index in [4.69, 9.17) is 18.9 Å². The second-order valence-corrected chi connectivity index (χ2v) is 6.82. The van der Waals surface area contributed by atoms with Crippen molar-refractivity contribution >= 4 is 0 Å². The van der Waals surface area contributed by atoms with Gasteiger partial charge in [0.05, 0.1) is 19.3 Å². The second-order valence-electron chi connectivity index (χ2n) is 6.82. The van der Waals surface area contributed by atoms with E-state index in [-0.39, 0.29) is 12.7 Å². The zero-order valence-electron chi connectivity index (χ0n) is 15.0. The molecule has 0 bridgehead atoms. The van der Waals surface area contributed by atoms with Crippen LogP contribution in [0.25, 0.3) is 0 Å². The monoisotopic (exact) mass is 374 g/mol. The van der Waals surface area contributed by atoms with Gasteiger partial charge in [0.1, 0.15) is 11.8 Å². The van der Waals surface area contributed by atoms with Gasteiger partial charge in [0.15, 0.2) is 6.29 Å². The number of nitrogens with zero attached hydrogens (tertiary/aromatic N) is 1. The number of hydrogen-bond acceptors (Lipinski definition) is 6. The van der Waals surface area contributed by atoms with Crippen molar-refractivity contribution in [2.75, 3.05) is 19.8 Å². The van der Waals surface area contributed by atoms with Crippen LogP contribution in [0.2, 0.25) is 0 Å². The van der Waals surface area contributed by atoms with Gasteiger partial charge in [-0.1, -0.05) is 30.3 Å². The highest BCUT2D eigenvalue weighted by atomic mass is 16.7. The zero-order chi connectivity index (χ0) is 18.9. The Kier molecular flexibility index (Phi) is 4.96. The Morgan fingerprint density at radius 3 is 2.81 bits per heavy atom. The zero-order valence-corrected chi connectivity index (χ0v) is 15.0. The van der Waals surface area contributed by atoms with Gasteiger partial charge >= 0.3 is 5.69 Å². The van der Waals surface area contributed by atoms with E-state index in [1.165, 1.54) is 16.8 Å². The number of hydrogen-bond donors (Lipinski definition) is 1. The number of fused-ring (bicyclic) bond motifs is 1. The second kappa shape index (κ2) is 7.40. The smallest absolute Gasteiger partial charge is 0.330 e. The summed E-state index contributed by atoms with van der Waals surface area (Å²) in [5, 5.41) is 0. The fraction of sp³-hybridized carbons (Fsp3) is 0.474. The third kappa shape index (κ3) is 3.61. The summed E-state index contributed by atoms with van der Waals surface area (Å²) >= 11 is 0. The molecular weight excluding hydrogens is 352 g/mol.